The van der Waals surface area contributed by atoms with Crippen molar-refractivity contribution >= 4 is 5.78 Å². The van der Waals surface area contributed by atoms with Gasteiger partial charge >= 0.3 is 0 Å². The Hall–Kier alpha value is -0.670. The molecule has 0 unspecified atom stereocenters. The van der Waals surface area contributed by atoms with E-state index in [-0.39, 0.29) is 16.7 Å². The van der Waals surface area contributed by atoms with Gasteiger partial charge in [0, 0.05) is 24.2 Å². The molecule has 0 N–H and O–H groups in total. The summed E-state index contributed by atoms with van der Waals surface area (Å²) in [6.07, 6.45) is 6.23. The van der Waals surface area contributed by atoms with Gasteiger partial charge in [-0.15, -0.1) is 6.58 Å². The molecule has 0 aromatic carbocycles. The first-order chi connectivity index (χ1) is 10.8. The number of hydrogen-bond donors (Lipinski definition) is 0. The molecule has 3 rings (SSSR count). The first-order valence-corrected chi connectivity index (χ1v) is 9.19. The number of Topliss-reactive ketones (excluding diaryl/α,β-unsaturated/α-hetero) is 1. The number of rotatable bonds is 3. The van der Waals surface area contributed by atoms with Crippen molar-refractivity contribution in [3.05, 3.63) is 12.7 Å². The van der Waals surface area contributed by atoms with Gasteiger partial charge in [0.2, 0.25) is 0 Å². The van der Waals surface area contributed by atoms with Crippen LogP contribution < -0.4 is 0 Å². The molecule has 0 radical (unpaired) electrons. The fourth-order valence-corrected chi connectivity index (χ4v) is 5.63. The summed E-state index contributed by atoms with van der Waals surface area (Å²) in [6.45, 7) is 14.3. The van der Waals surface area contributed by atoms with E-state index >= 15 is 0 Å². The Kier molecular flexibility index (Phi) is 4.25. The lowest BCUT2D eigenvalue weighted by molar-refractivity contribution is -0.195. The SMILES string of the molecule is C=CC[C@]1(C)CC[C@]2(C)[C@@H](C(C)C)CC3(OCCO3)[C@H]2CC1=O. The number of hydrogen-bond acceptors (Lipinski definition) is 3. The van der Waals surface area contributed by atoms with E-state index in [9.17, 15) is 4.79 Å². The summed E-state index contributed by atoms with van der Waals surface area (Å²) in [6, 6.07) is 0. The Morgan fingerprint density at radius 3 is 2.48 bits per heavy atom. The zero-order valence-electron chi connectivity index (χ0n) is 15.2. The number of carbonyl (C=O) groups excluding carboxylic acids is 1. The number of allylic oxidation sites excluding steroid dienone is 1. The molecule has 2 aliphatic carbocycles. The van der Waals surface area contributed by atoms with Gasteiger partial charge in [0.1, 0.15) is 5.78 Å². The van der Waals surface area contributed by atoms with E-state index in [1.165, 1.54) is 0 Å². The molecule has 4 atom stereocenters. The van der Waals surface area contributed by atoms with Crippen LogP contribution in [-0.4, -0.2) is 24.8 Å². The van der Waals surface area contributed by atoms with Gasteiger partial charge in [0.25, 0.3) is 0 Å². The third-order valence-corrected chi connectivity index (χ3v) is 7.13. The van der Waals surface area contributed by atoms with Gasteiger partial charge in [-0.05, 0) is 36.5 Å². The smallest absolute Gasteiger partial charge is 0.172 e. The highest BCUT2D eigenvalue weighted by atomic mass is 16.7. The Morgan fingerprint density at radius 1 is 1.26 bits per heavy atom. The van der Waals surface area contributed by atoms with Crippen LogP contribution in [0.1, 0.15) is 59.8 Å². The largest absolute Gasteiger partial charge is 0.347 e. The number of ketones is 1. The van der Waals surface area contributed by atoms with Crippen LogP contribution in [0, 0.1) is 28.6 Å². The van der Waals surface area contributed by atoms with Crippen molar-refractivity contribution in [3.8, 4) is 0 Å². The highest BCUT2D eigenvalue weighted by Gasteiger charge is 2.65. The summed E-state index contributed by atoms with van der Waals surface area (Å²) in [5, 5.41) is 0. The maximum absolute atomic E-state index is 13.1. The maximum atomic E-state index is 13.1. The van der Waals surface area contributed by atoms with Crippen LogP contribution in [0.2, 0.25) is 0 Å². The topological polar surface area (TPSA) is 35.5 Å². The summed E-state index contributed by atoms with van der Waals surface area (Å²) in [4.78, 5) is 13.1. The molecule has 0 bridgehead atoms. The Morgan fingerprint density at radius 2 is 1.91 bits per heavy atom. The Bertz CT molecular complexity index is 491. The molecule has 3 aliphatic rings. The number of carbonyl (C=O) groups is 1. The fourth-order valence-electron chi connectivity index (χ4n) is 5.63. The molecule has 2 saturated carbocycles. The summed E-state index contributed by atoms with van der Waals surface area (Å²) in [5.74, 6) is 1.16. The second kappa shape index (κ2) is 5.70. The van der Waals surface area contributed by atoms with Crippen LogP contribution >= 0.6 is 0 Å². The monoisotopic (exact) mass is 320 g/mol. The molecule has 3 fully saturated rings. The lowest BCUT2D eigenvalue weighted by Gasteiger charge is -2.39. The van der Waals surface area contributed by atoms with E-state index < -0.39 is 5.79 Å². The molecule has 0 amide bonds. The van der Waals surface area contributed by atoms with E-state index in [1.54, 1.807) is 0 Å². The normalized spacial score (nSPS) is 42.9. The Labute approximate surface area is 140 Å². The average molecular weight is 320 g/mol. The van der Waals surface area contributed by atoms with Crippen LogP contribution in [-0.2, 0) is 14.3 Å². The molecule has 0 aromatic heterocycles. The third kappa shape index (κ3) is 2.51. The van der Waals surface area contributed by atoms with Crippen molar-refractivity contribution in [1.82, 2.24) is 0 Å². The first kappa shape index (κ1) is 17.2. The summed E-state index contributed by atoms with van der Waals surface area (Å²) in [5.41, 5.74) is -0.149. The van der Waals surface area contributed by atoms with E-state index in [1.807, 2.05) is 6.08 Å². The molecule has 3 heteroatoms. The van der Waals surface area contributed by atoms with Crippen LogP contribution in [0.4, 0.5) is 0 Å². The zero-order chi connectivity index (χ0) is 16.9. The molecular weight excluding hydrogens is 288 g/mol. The van der Waals surface area contributed by atoms with Gasteiger partial charge < -0.3 is 9.47 Å². The molecule has 1 saturated heterocycles. The standard InChI is InChI=1S/C20H32O3/c1-6-7-18(4)8-9-19(5)15(14(2)3)13-20(22-10-11-23-20)16(19)12-17(18)21/h6,14-16H,1,7-13H2,2-5H3/t15-,16+,18-,19-/m1/s1. The quantitative estimate of drug-likeness (QED) is 0.725. The van der Waals surface area contributed by atoms with Gasteiger partial charge in [-0.1, -0.05) is 33.8 Å². The van der Waals surface area contributed by atoms with Crippen molar-refractivity contribution in [3.63, 3.8) is 0 Å². The van der Waals surface area contributed by atoms with E-state index in [2.05, 4.69) is 34.3 Å². The summed E-state index contributed by atoms with van der Waals surface area (Å²) in [7, 11) is 0. The van der Waals surface area contributed by atoms with Gasteiger partial charge in [-0.25, -0.2) is 0 Å². The minimum Gasteiger partial charge on any atom is -0.347 e. The first-order valence-electron chi connectivity index (χ1n) is 9.19. The van der Waals surface area contributed by atoms with Crippen LogP contribution in [0.15, 0.2) is 12.7 Å². The number of ether oxygens (including phenoxy) is 2. The molecule has 0 aromatic rings. The summed E-state index contributed by atoms with van der Waals surface area (Å²) < 4.78 is 12.3. The van der Waals surface area contributed by atoms with E-state index in [0.29, 0.717) is 37.3 Å². The van der Waals surface area contributed by atoms with Gasteiger partial charge in [0.15, 0.2) is 5.79 Å². The van der Waals surface area contributed by atoms with Gasteiger partial charge in [0.05, 0.1) is 13.2 Å². The molecule has 130 valence electrons. The molecular formula is C20H32O3. The second-order valence-electron chi connectivity index (χ2n) is 8.80. The predicted molar refractivity (Wildman–Crippen MR) is 91.0 cm³/mol. The molecule has 1 heterocycles. The van der Waals surface area contributed by atoms with Crippen LogP contribution in [0.25, 0.3) is 0 Å². The lowest BCUT2D eigenvalue weighted by atomic mass is 9.66. The average Bonchev–Trinajstić information content (AvgIpc) is 3.02. The van der Waals surface area contributed by atoms with Crippen LogP contribution in [0.3, 0.4) is 0 Å². The van der Waals surface area contributed by atoms with Gasteiger partial charge in [-0.2, -0.15) is 0 Å². The molecule has 3 nitrogen and oxygen atoms in total. The molecule has 1 aliphatic heterocycles. The van der Waals surface area contributed by atoms with Gasteiger partial charge in [-0.3, -0.25) is 4.79 Å². The van der Waals surface area contributed by atoms with E-state index in [0.717, 1.165) is 25.7 Å². The highest BCUT2D eigenvalue weighted by molar-refractivity contribution is 5.85. The van der Waals surface area contributed by atoms with Crippen molar-refractivity contribution in [2.45, 2.75) is 65.6 Å². The summed E-state index contributed by atoms with van der Waals surface area (Å²) >= 11 is 0. The van der Waals surface area contributed by atoms with E-state index in [4.69, 9.17) is 9.47 Å². The molecule has 23 heavy (non-hydrogen) atoms. The lowest BCUT2D eigenvalue weighted by Crippen LogP contribution is -2.41. The second-order valence-corrected chi connectivity index (χ2v) is 8.80. The third-order valence-electron chi connectivity index (χ3n) is 7.13. The predicted octanol–water partition coefficient (Wildman–Crippen LogP) is 4.36. The zero-order valence-corrected chi connectivity index (χ0v) is 15.2. The fraction of sp³-hybridized carbons (Fsp3) is 0.850. The van der Waals surface area contributed by atoms with Crippen LogP contribution in [0.5, 0.6) is 0 Å². The highest BCUT2D eigenvalue weighted by Crippen LogP contribution is 2.64. The maximum Gasteiger partial charge on any atom is 0.172 e. The number of fused-ring (bicyclic) bond motifs is 2. The molecule has 1 spiro atoms. The minimum absolute atomic E-state index is 0.118. The van der Waals surface area contributed by atoms with Crippen molar-refractivity contribution in [1.29, 1.82) is 0 Å². The minimum atomic E-state index is -0.515. The van der Waals surface area contributed by atoms with Crippen molar-refractivity contribution in [2.75, 3.05) is 13.2 Å². The van der Waals surface area contributed by atoms with Crippen molar-refractivity contribution < 1.29 is 14.3 Å². The Balaban J connectivity index is 1.99. The van der Waals surface area contributed by atoms with Crippen molar-refractivity contribution in [2.24, 2.45) is 28.6 Å².